The number of halogens is 1. The van der Waals surface area contributed by atoms with Gasteiger partial charge in [-0.1, -0.05) is 15.9 Å². The number of ether oxygens (including phenoxy) is 1. The van der Waals surface area contributed by atoms with Crippen molar-refractivity contribution in [1.29, 1.82) is 0 Å². The lowest BCUT2D eigenvalue weighted by atomic mass is 10.1. The highest BCUT2D eigenvalue weighted by Gasteiger charge is 2.39. The maximum Gasteiger partial charge on any atom is 0.104 e. The van der Waals surface area contributed by atoms with Gasteiger partial charge in [-0.2, -0.15) is 0 Å². The number of rotatable bonds is 0. The summed E-state index contributed by atoms with van der Waals surface area (Å²) in [4.78, 5) is 0. The fourth-order valence-corrected chi connectivity index (χ4v) is 1.84. The summed E-state index contributed by atoms with van der Waals surface area (Å²) in [5, 5.41) is 9.15. The molecule has 2 heterocycles. The van der Waals surface area contributed by atoms with Gasteiger partial charge in [0.1, 0.15) is 6.10 Å². The van der Waals surface area contributed by atoms with Crippen LogP contribution in [-0.2, 0) is 4.74 Å². The number of hydrogen-bond acceptors (Lipinski definition) is 2. The van der Waals surface area contributed by atoms with Crippen LogP contribution in [0.25, 0.3) is 0 Å². The minimum atomic E-state index is -0.267. The van der Waals surface area contributed by atoms with Crippen molar-refractivity contribution in [2.24, 2.45) is 0 Å². The van der Waals surface area contributed by atoms with E-state index < -0.39 is 0 Å². The molecule has 50 valence electrons. The third-order valence-corrected chi connectivity index (χ3v) is 2.56. The van der Waals surface area contributed by atoms with Crippen molar-refractivity contribution in [1.82, 2.24) is 0 Å². The molecule has 3 atom stereocenters. The van der Waals surface area contributed by atoms with Crippen molar-refractivity contribution in [2.75, 3.05) is 0 Å². The molecular formula is C6H7BrO2. The molecule has 2 bridgehead atoms. The zero-order valence-corrected chi connectivity index (χ0v) is 6.34. The number of hydrogen-bond donors (Lipinski definition) is 1. The molecule has 0 unspecified atom stereocenters. The van der Waals surface area contributed by atoms with Crippen molar-refractivity contribution < 1.29 is 9.84 Å². The summed E-state index contributed by atoms with van der Waals surface area (Å²) in [7, 11) is 0. The lowest BCUT2D eigenvalue weighted by Crippen LogP contribution is -2.18. The van der Waals surface area contributed by atoms with Gasteiger partial charge >= 0.3 is 0 Å². The molecule has 2 rings (SSSR count). The summed E-state index contributed by atoms with van der Waals surface area (Å²) in [6.07, 6.45) is 2.52. The van der Waals surface area contributed by atoms with Gasteiger partial charge in [0.05, 0.1) is 12.2 Å². The van der Waals surface area contributed by atoms with Crippen molar-refractivity contribution in [3.05, 3.63) is 10.6 Å². The third kappa shape index (κ3) is 0.757. The van der Waals surface area contributed by atoms with Crippen LogP contribution in [-0.4, -0.2) is 23.4 Å². The summed E-state index contributed by atoms with van der Waals surface area (Å²) in [6.45, 7) is 0. The van der Waals surface area contributed by atoms with Crippen LogP contribution in [0.4, 0.5) is 0 Å². The summed E-state index contributed by atoms with van der Waals surface area (Å²) in [5.41, 5.74) is 0. The lowest BCUT2D eigenvalue weighted by molar-refractivity contribution is 0.0696. The molecule has 0 aromatic heterocycles. The molecular weight excluding hydrogens is 184 g/mol. The van der Waals surface area contributed by atoms with Gasteiger partial charge in [-0.05, 0) is 6.08 Å². The highest BCUT2D eigenvalue weighted by Crippen LogP contribution is 2.36. The molecule has 1 fully saturated rings. The smallest absolute Gasteiger partial charge is 0.104 e. The Kier molecular flexibility index (Phi) is 1.18. The summed E-state index contributed by atoms with van der Waals surface area (Å²) in [6, 6.07) is 0. The van der Waals surface area contributed by atoms with Crippen molar-refractivity contribution in [3.63, 3.8) is 0 Å². The molecule has 0 aliphatic carbocycles. The maximum atomic E-state index is 9.15. The van der Waals surface area contributed by atoms with Crippen LogP contribution in [0.2, 0.25) is 0 Å². The van der Waals surface area contributed by atoms with Gasteiger partial charge in [0.15, 0.2) is 0 Å². The quantitative estimate of drug-likeness (QED) is 0.613. The van der Waals surface area contributed by atoms with E-state index in [1.807, 2.05) is 6.08 Å². The average molecular weight is 191 g/mol. The van der Waals surface area contributed by atoms with Crippen LogP contribution in [0, 0.1) is 0 Å². The highest BCUT2D eigenvalue weighted by atomic mass is 79.9. The summed E-state index contributed by atoms with van der Waals surface area (Å²) < 4.78 is 6.40. The first-order valence-electron chi connectivity index (χ1n) is 2.98. The standard InChI is InChI=1S/C6H7BrO2/c7-3-1-6-4(8)2-5(3)9-6/h1,4-6,8H,2H2/t4-,5-,6-/m0/s1. The Balaban J connectivity index is 2.25. The molecule has 0 amide bonds. The molecule has 0 aromatic carbocycles. The lowest BCUT2D eigenvalue weighted by Gasteiger charge is -2.07. The molecule has 0 saturated carbocycles. The molecule has 3 heteroatoms. The van der Waals surface area contributed by atoms with E-state index in [0.29, 0.717) is 0 Å². The number of fused-ring (bicyclic) bond motifs is 2. The largest absolute Gasteiger partial charge is 0.390 e. The molecule has 2 aliphatic heterocycles. The van der Waals surface area contributed by atoms with Gasteiger partial charge in [0, 0.05) is 10.9 Å². The van der Waals surface area contributed by atoms with Gasteiger partial charge in [-0.15, -0.1) is 0 Å². The Labute approximate surface area is 61.6 Å². The first-order chi connectivity index (χ1) is 4.27. The van der Waals surface area contributed by atoms with Crippen LogP contribution in [0.15, 0.2) is 10.6 Å². The molecule has 1 saturated heterocycles. The fourth-order valence-electron chi connectivity index (χ4n) is 1.28. The van der Waals surface area contributed by atoms with Gasteiger partial charge < -0.3 is 9.84 Å². The second-order valence-electron chi connectivity index (χ2n) is 2.44. The molecule has 2 nitrogen and oxygen atoms in total. The first kappa shape index (κ1) is 5.89. The topological polar surface area (TPSA) is 29.5 Å². The Hall–Kier alpha value is 0.140. The van der Waals surface area contributed by atoms with Crippen molar-refractivity contribution in [2.45, 2.75) is 24.7 Å². The predicted octanol–water partition coefficient (Wildman–Crippen LogP) is 0.797. The Morgan fingerprint density at radius 2 is 2.56 bits per heavy atom. The maximum absolute atomic E-state index is 9.15. The molecule has 2 aliphatic rings. The van der Waals surface area contributed by atoms with Gasteiger partial charge in [-0.25, -0.2) is 0 Å². The predicted molar refractivity (Wildman–Crippen MR) is 36.3 cm³/mol. The van der Waals surface area contributed by atoms with Crippen LogP contribution < -0.4 is 0 Å². The normalized spacial score (nSPS) is 47.8. The van der Waals surface area contributed by atoms with Gasteiger partial charge in [-0.3, -0.25) is 0 Å². The van der Waals surface area contributed by atoms with Crippen LogP contribution in [0.5, 0.6) is 0 Å². The monoisotopic (exact) mass is 190 g/mol. The summed E-state index contributed by atoms with van der Waals surface area (Å²) in [5.74, 6) is 0. The molecule has 0 aromatic rings. The van der Waals surface area contributed by atoms with Gasteiger partial charge in [0.25, 0.3) is 0 Å². The fraction of sp³-hybridized carbons (Fsp3) is 0.667. The summed E-state index contributed by atoms with van der Waals surface area (Å²) >= 11 is 3.35. The second kappa shape index (κ2) is 1.81. The van der Waals surface area contributed by atoms with Gasteiger partial charge in [0.2, 0.25) is 0 Å². The third-order valence-electron chi connectivity index (χ3n) is 1.79. The molecule has 9 heavy (non-hydrogen) atoms. The van der Waals surface area contributed by atoms with E-state index in [4.69, 9.17) is 9.84 Å². The van der Waals surface area contributed by atoms with E-state index in [9.17, 15) is 0 Å². The molecule has 1 N–H and O–H groups in total. The Bertz CT molecular complexity index is 166. The van der Waals surface area contributed by atoms with E-state index in [2.05, 4.69) is 15.9 Å². The number of aliphatic hydroxyl groups excluding tert-OH is 1. The van der Waals surface area contributed by atoms with Crippen molar-refractivity contribution in [3.8, 4) is 0 Å². The minimum absolute atomic E-state index is 0.0376. The van der Waals surface area contributed by atoms with E-state index in [1.54, 1.807) is 0 Å². The number of aliphatic hydroxyl groups is 1. The SMILES string of the molecule is O[C@H]1C[C@@H]2O[C@H]1C=C2Br. The highest BCUT2D eigenvalue weighted by molar-refractivity contribution is 9.11. The van der Waals surface area contributed by atoms with E-state index in [0.717, 1.165) is 10.9 Å². The second-order valence-corrected chi connectivity index (χ2v) is 3.36. The van der Waals surface area contributed by atoms with Crippen LogP contribution in [0.1, 0.15) is 6.42 Å². The first-order valence-corrected chi connectivity index (χ1v) is 3.77. The van der Waals surface area contributed by atoms with Crippen LogP contribution in [0.3, 0.4) is 0 Å². The van der Waals surface area contributed by atoms with E-state index in [1.165, 1.54) is 0 Å². The van der Waals surface area contributed by atoms with E-state index >= 15 is 0 Å². The molecule has 0 spiro atoms. The van der Waals surface area contributed by atoms with Crippen molar-refractivity contribution >= 4 is 15.9 Å². The van der Waals surface area contributed by atoms with E-state index in [-0.39, 0.29) is 18.3 Å². The molecule has 0 radical (unpaired) electrons. The Morgan fingerprint density at radius 1 is 1.78 bits per heavy atom. The zero-order valence-electron chi connectivity index (χ0n) is 4.75. The zero-order chi connectivity index (χ0) is 6.43. The average Bonchev–Trinajstić information content (AvgIpc) is 2.24. The minimum Gasteiger partial charge on any atom is -0.390 e. The Morgan fingerprint density at radius 3 is 2.89 bits per heavy atom. The van der Waals surface area contributed by atoms with Crippen LogP contribution >= 0.6 is 15.9 Å².